The van der Waals surface area contributed by atoms with Gasteiger partial charge in [0, 0.05) is 30.2 Å². The van der Waals surface area contributed by atoms with Crippen LogP contribution in [-0.4, -0.2) is 27.0 Å². The van der Waals surface area contributed by atoms with Crippen molar-refractivity contribution in [2.45, 2.75) is 31.2 Å². The Bertz CT molecular complexity index is 721. The van der Waals surface area contributed by atoms with Gasteiger partial charge in [-0.1, -0.05) is 17.8 Å². The van der Waals surface area contributed by atoms with Crippen LogP contribution in [0.3, 0.4) is 0 Å². The van der Waals surface area contributed by atoms with E-state index in [1.165, 1.54) is 18.7 Å². The van der Waals surface area contributed by atoms with Crippen LogP contribution in [0.15, 0.2) is 41.7 Å². The third-order valence-electron chi connectivity index (χ3n) is 2.87. The summed E-state index contributed by atoms with van der Waals surface area (Å²) in [4.78, 5) is 31.7. The maximum Gasteiger partial charge on any atom is 0.237 e. The van der Waals surface area contributed by atoms with Crippen LogP contribution in [0.4, 0.5) is 11.4 Å². The van der Waals surface area contributed by atoms with Gasteiger partial charge in [-0.2, -0.15) is 0 Å². The summed E-state index contributed by atoms with van der Waals surface area (Å²) in [5.74, 6) is -0.311. The van der Waals surface area contributed by atoms with Crippen molar-refractivity contribution >= 4 is 35.0 Å². The highest BCUT2D eigenvalue weighted by molar-refractivity contribution is 8.00. The van der Waals surface area contributed by atoms with Gasteiger partial charge in [0.2, 0.25) is 11.8 Å². The minimum atomic E-state index is -0.346. The average Bonchev–Trinajstić information content (AvgIpc) is 2.46. The zero-order chi connectivity index (χ0) is 16.8. The van der Waals surface area contributed by atoms with Gasteiger partial charge in [-0.05, 0) is 38.1 Å². The van der Waals surface area contributed by atoms with E-state index in [9.17, 15) is 9.59 Å². The van der Waals surface area contributed by atoms with Crippen molar-refractivity contribution in [1.29, 1.82) is 0 Å². The third kappa shape index (κ3) is 5.37. The first-order valence-electron chi connectivity index (χ1n) is 7.09. The number of nitrogens with one attached hydrogen (secondary N) is 2. The molecule has 0 fully saturated rings. The Morgan fingerprint density at radius 1 is 1.17 bits per heavy atom. The Balaban J connectivity index is 1.99. The van der Waals surface area contributed by atoms with Gasteiger partial charge in [-0.25, -0.2) is 9.97 Å². The molecule has 1 aromatic heterocycles. The van der Waals surface area contributed by atoms with Crippen molar-refractivity contribution < 1.29 is 9.59 Å². The number of aromatic nitrogens is 2. The lowest BCUT2D eigenvalue weighted by Crippen LogP contribution is -2.22. The fraction of sp³-hybridized carbons (Fsp3) is 0.250. The Hall–Kier alpha value is -2.41. The second-order valence-corrected chi connectivity index (χ2v) is 6.30. The largest absolute Gasteiger partial charge is 0.326 e. The highest BCUT2D eigenvalue weighted by atomic mass is 32.2. The molecule has 2 aromatic rings. The molecule has 0 bridgehead atoms. The molecule has 0 saturated heterocycles. The number of anilines is 2. The van der Waals surface area contributed by atoms with Crippen molar-refractivity contribution in [3.05, 3.63) is 42.2 Å². The summed E-state index contributed by atoms with van der Waals surface area (Å²) >= 11 is 1.30. The summed E-state index contributed by atoms with van der Waals surface area (Å²) in [7, 11) is 0. The highest BCUT2D eigenvalue weighted by Gasteiger charge is 2.16. The number of aryl methyl sites for hydroxylation is 1. The van der Waals surface area contributed by atoms with Gasteiger partial charge >= 0.3 is 0 Å². The van der Waals surface area contributed by atoms with Crippen LogP contribution in [0.25, 0.3) is 0 Å². The molecule has 0 aliphatic rings. The Labute approximate surface area is 139 Å². The number of benzene rings is 1. The first-order valence-corrected chi connectivity index (χ1v) is 7.97. The first-order chi connectivity index (χ1) is 10.9. The van der Waals surface area contributed by atoms with Crippen molar-refractivity contribution in [3.63, 3.8) is 0 Å². The zero-order valence-corrected chi connectivity index (χ0v) is 14.0. The molecule has 0 radical (unpaired) electrons. The maximum absolute atomic E-state index is 12.3. The summed E-state index contributed by atoms with van der Waals surface area (Å²) in [5, 5.41) is 5.72. The monoisotopic (exact) mass is 330 g/mol. The smallest absolute Gasteiger partial charge is 0.237 e. The SMILES string of the molecule is CC(=O)Nc1cccc(NC(=O)C(C)Sc2nccc(C)n2)c1. The van der Waals surface area contributed by atoms with Crippen LogP contribution in [0.5, 0.6) is 0 Å². The Kier molecular flexibility index (Phi) is 5.70. The summed E-state index contributed by atoms with van der Waals surface area (Å²) < 4.78 is 0. The molecule has 0 saturated carbocycles. The molecule has 2 rings (SSSR count). The van der Waals surface area contributed by atoms with E-state index in [1.54, 1.807) is 37.4 Å². The van der Waals surface area contributed by atoms with Crippen LogP contribution in [-0.2, 0) is 9.59 Å². The lowest BCUT2D eigenvalue weighted by atomic mass is 10.2. The topological polar surface area (TPSA) is 84.0 Å². The third-order valence-corrected chi connectivity index (χ3v) is 3.85. The number of rotatable bonds is 5. The number of hydrogen-bond donors (Lipinski definition) is 2. The maximum atomic E-state index is 12.3. The Morgan fingerprint density at radius 3 is 2.52 bits per heavy atom. The fourth-order valence-electron chi connectivity index (χ4n) is 1.82. The molecule has 7 heteroatoms. The van der Waals surface area contributed by atoms with Gasteiger partial charge in [-0.15, -0.1) is 0 Å². The molecule has 0 aliphatic carbocycles. The van der Waals surface area contributed by atoms with E-state index in [-0.39, 0.29) is 17.1 Å². The van der Waals surface area contributed by atoms with Gasteiger partial charge in [0.25, 0.3) is 0 Å². The number of thioether (sulfide) groups is 1. The van der Waals surface area contributed by atoms with Gasteiger partial charge < -0.3 is 10.6 Å². The molecule has 0 spiro atoms. The Morgan fingerprint density at radius 2 is 1.87 bits per heavy atom. The van der Waals surface area contributed by atoms with Crippen molar-refractivity contribution in [2.24, 2.45) is 0 Å². The second-order valence-electron chi connectivity index (χ2n) is 4.99. The van der Waals surface area contributed by atoms with E-state index in [0.29, 0.717) is 16.5 Å². The van der Waals surface area contributed by atoms with E-state index in [2.05, 4.69) is 20.6 Å². The molecule has 1 unspecified atom stereocenters. The van der Waals surface area contributed by atoms with Crippen LogP contribution in [0.2, 0.25) is 0 Å². The molecule has 2 amide bonds. The first kappa shape index (κ1) is 17.0. The van der Waals surface area contributed by atoms with Gasteiger partial charge in [0.15, 0.2) is 5.16 Å². The lowest BCUT2D eigenvalue weighted by Gasteiger charge is -2.12. The van der Waals surface area contributed by atoms with E-state index in [4.69, 9.17) is 0 Å². The molecule has 1 aromatic carbocycles. The van der Waals surface area contributed by atoms with Crippen molar-refractivity contribution in [3.8, 4) is 0 Å². The average molecular weight is 330 g/mol. The molecule has 1 heterocycles. The highest BCUT2D eigenvalue weighted by Crippen LogP contribution is 2.21. The molecule has 23 heavy (non-hydrogen) atoms. The summed E-state index contributed by atoms with van der Waals surface area (Å²) in [6.07, 6.45) is 1.67. The minimum absolute atomic E-state index is 0.153. The summed E-state index contributed by atoms with van der Waals surface area (Å²) in [5.41, 5.74) is 2.12. The summed E-state index contributed by atoms with van der Waals surface area (Å²) in [6, 6.07) is 8.81. The molecular formula is C16H18N4O2S. The quantitative estimate of drug-likeness (QED) is 0.650. The van der Waals surface area contributed by atoms with Crippen LogP contribution >= 0.6 is 11.8 Å². The fourth-order valence-corrected chi connectivity index (χ4v) is 2.62. The zero-order valence-electron chi connectivity index (χ0n) is 13.2. The molecule has 2 N–H and O–H groups in total. The van der Waals surface area contributed by atoms with E-state index >= 15 is 0 Å². The normalized spacial score (nSPS) is 11.6. The number of carbonyl (C=O) groups excluding carboxylic acids is 2. The number of nitrogens with zero attached hydrogens (tertiary/aromatic N) is 2. The lowest BCUT2D eigenvalue weighted by molar-refractivity contribution is -0.115. The van der Waals surface area contributed by atoms with Gasteiger partial charge in [-0.3, -0.25) is 9.59 Å². The van der Waals surface area contributed by atoms with Gasteiger partial charge in [0.1, 0.15) is 0 Å². The predicted octanol–water partition coefficient (Wildman–Crippen LogP) is 2.86. The summed E-state index contributed by atoms with van der Waals surface area (Å²) in [6.45, 7) is 5.11. The van der Waals surface area contributed by atoms with Crippen molar-refractivity contribution in [1.82, 2.24) is 9.97 Å². The number of carbonyl (C=O) groups is 2. The molecule has 1 atom stereocenters. The van der Waals surface area contributed by atoms with Crippen molar-refractivity contribution in [2.75, 3.05) is 10.6 Å². The minimum Gasteiger partial charge on any atom is -0.326 e. The van der Waals surface area contributed by atoms with Crippen LogP contribution in [0.1, 0.15) is 19.5 Å². The van der Waals surface area contributed by atoms with Crippen LogP contribution in [0, 0.1) is 6.92 Å². The standard InChI is InChI=1S/C16H18N4O2S/c1-10-7-8-17-16(18-10)23-11(2)15(22)20-14-6-4-5-13(9-14)19-12(3)21/h4-9,11H,1-3H3,(H,19,21)(H,20,22). The second kappa shape index (κ2) is 7.73. The van der Waals surface area contributed by atoms with Crippen LogP contribution < -0.4 is 10.6 Å². The number of hydrogen-bond acceptors (Lipinski definition) is 5. The number of amides is 2. The molecule has 0 aliphatic heterocycles. The molecular weight excluding hydrogens is 312 g/mol. The predicted molar refractivity (Wildman–Crippen MR) is 91.5 cm³/mol. The van der Waals surface area contributed by atoms with E-state index in [0.717, 1.165) is 5.69 Å². The molecule has 120 valence electrons. The molecule has 6 nitrogen and oxygen atoms in total. The van der Waals surface area contributed by atoms with Gasteiger partial charge in [0.05, 0.1) is 5.25 Å². The van der Waals surface area contributed by atoms with E-state index < -0.39 is 0 Å². The van der Waals surface area contributed by atoms with E-state index in [1.807, 2.05) is 13.0 Å².